The second kappa shape index (κ2) is 7.43. The summed E-state index contributed by atoms with van der Waals surface area (Å²) in [6, 6.07) is 5.73. The summed E-state index contributed by atoms with van der Waals surface area (Å²) >= 11 is 0. The van der Waals surface area contributed by atoms with E-state index >= 15 is 0 Å². The first-order chi connectivity index (χ1) is 11.3. The third-order valence-corrected chi connectivity index (χ3v) is 5.52. The van der Waals surface area contributed by atoms with E-state index in [0.29, 0.717) is 12.0 Å². The lowest BCUT2D eigenvalue weighted by Crippen LogP contribution is -2.42. The van der Waals surface area contributed by atoms with Crippen LogP contribution in [0, 0.1) is 5.92 Å². The quantitative estimate of drug-likeness (QED) is 0.583. The summed E-state index contributed by atoms with van der Waals surface area (Å²) in [6.07, 6.45) is 0.499. The van der Waals surface area contributed by atoms with Crippen molar-refractivity contribution in [1.29, 1.82) is 0 Å². The van der Waals surface area contributed by atoms with Crippen LogP contribution in [0.1, 0.15) is 33.6 Å². The molecule has 1 aliphatic rings. The first kappa shape index (κ1) is 17.9. The fourth-order valence-electron chi connectivity index (χ4n) is 2.42. The summed E-state index contributed by atoms with van der Waals surface area (Å²) in [5.41, 5.74) is 5.07. The van der Waals surface area contributed by atoms with Gasteiger partial charge in [0.15, 0.2) is 9.84 Å². The van der Waals surface area contributed by atoms with Gasteiger partial charge in [-0.15, -0.1) is 0 Å². The Hall–Kier alpha value is -2.42. The number of hydrogen-bond acceptors (Lipinski definition) is 6. The number of ether oxygens (including phenoxy) is 1. The average molecular weight is 354 g/mol. The topological polar surface area (TPSA) is 119 Å². The highest BCUT2D eigenvalue weighted by Gasteiger charge is 2.29. The van der Waals surface area contributed by atoms with Crippen LogP contribution in [0.5, 0.6) is 0 Å². The molecule has 0 aromatic heterocycles. The molecule has 1 heterocycles. The molecule has 1 aliphatic heterocycles. The molecule has 1 atom stereocenters. The Labute approximate surface area is 139 Å². The van der Waals surface area contributed by atoms with Crippen LogP contribution in [-0.2, 0) is 19.4 Å². The Morgan fingerprint density at radius 2 is 1.75 bits per heavy atom. The maximum atomic E-state index is 11.9. The maximum Gasteiger partial charge on any atom is 0.337 e. The van der Waals surface area contributed by atoms with E-state index < -0.39 is 27.6 Å². The van der Waals surface area contributed by atoms with Crippen LogP contribution in [-0.4, -0.2) is 44.8 Å². The highest BCUT2D eigenvalue weighted by Crippen LogP contribution is 2.21. The summed E-state index contributed by atoms with van der Waals surface area (Å²) in [4.78, 5) is 34.9. The summed E-state index contributed by atoms with van der Waals surface area (Å²) in [6.45, 7) is 0. The molecule has 1 fully saturated rings. The van der Waals surface area contributed by atoms with E-state index in [1.165, 1.54) is 31.4 Å². The number of sulfone groups is 1. The fraction of sp³-hybridized carbons (Fsp3) is 0.400. The van der Waals surface area contributed by atoms with Gasteiger partial charge in [-0.1, -0.05) is 0 Å². The van der Waals surface area contributed by atoms with E-state index in [9.17, 15) is 22.8 Å². The zero-order valence-corrected chi connectivity index (χ0v) is 13.9. The summed E-state index contributed by atoms with van der Waals surface area (Å²) < 4.78 is 27.2. The number of carbonyl (C=O) groups excluding carboxylic acids is 3. The number of methoxy groups -OCH3 is 1. The van der Waals surface area contributed by atoms with Crippen molar-refractivity contribution in [3.8, 4) is 0 Å². The summed E-state index contributed by atoms with van der Waals surface area (Å²) in [5.74, 6) is -1.61. The number of rotatable bonds is 4. The van der Waals surface area contributed by atoms with Gasteiger partial charge in [0.1, 0.15) is 0 Å². The van der Waals surface area contributed by atoms with Crippen molar-refractivity contribution in [3.63, 3.8) is 0 Å². The van der Waals surface area contributed by atoms with Crippen LogP contribution >= 0.6 is 0 Å². The number of carbonyl (C=O) groups is 3. The van der Waals surface area contributed by atoms with E-state index in [-0.39, 0.29) is 29.4 Å². The number of esters is 1. The highest BCUT2D eigenvalue weighted by atomic mass is 32.2. The van der Waals surface area contributed by atoms with E-state index in [0.717, 1.165) is 0 Å². The monoisotopic (exact) mass is 354 g/mol. The molecule has 130 valence electrons. The Bertz CT molecular complexity index is 742. The van der Waals surface area contributed by atoms with Gasteiger partial charge in [-0.2, -0.15) is 0 Å². The van der Waals surface area contributed by atoms with E-state index in [2.05, 4.69) is 15.6 Å². The van der Waals surface area contributed by atoms with Gasteiger partial charge in [-0.3, -0.25) is 20.4 Å². The Balaban J connectivity index is 1.82. The third-order valence-electron chi connectivity index (χ3n) is 3.68. The van der Waals surface area contributed by atoms with E-state index in [1.807, 2.05) is 0 Å². The number of amides is 2. The van der Waals surface area contributed by atoms with Crippen molar-refractivity contribution >= 4 is 27.6 Å². The van der Waals surface area contributed by atoms with Gasteiger partial charge in [0.25, 0.3) is 5.91 Å². The lowest BCUT2D eigenvalue weighted by Gasteiger charge is -2.10. The van der Waals surface area contributed by atoms with Crippen molar-refractivity contribution < 1.29 is 27.5 Å². The lowest BCUT2D eigenvalue weighted by atomic mass is 10.1. The van der Waals surface area contributed by atoms with E-state index in [1.54, 1.807) is 0 Å². The van der Waals surface area contributed by atoms with Gasteiger partial charge in [0.05, 0.1) is 24.2 Å². The predicted octanol–water partition coefficient (Wildman–Crippen LogP) is 0.0590. The van der Waals surface area contributed by atoms with Crippen LogP contribution < -0.4 is 10.9 Å². The van der Waals surface area contributed by atoms with Crippen molar-refractivity contribution in [2.45, 2.75) is 12.8 Å². The van der Waals surface area contributed by atoms with Crippen molar-refractivity contribution in [1.82, 2.24) is 10.9 Å². The van der Waals surface area contributed by atoms with Gasteiger partial charge in [-0.25, -0.2) is 13.2 Å². The molecule has 1 saturated heterocycles. The Morgan fingerprint density at radius 3 is 2.29 bits per heavy atom. The smallest absolute Gasteiger partial charge is 0.337 e. The van der Waals surface area contributed by atoms with E-state index in [4.69, 9.17) is 0 Å². The number of hydrazine groups is 1. The van der Waals surface area contributed by atoms with Gasteiger partial charge in [0.2, 0.25) is 5.91 Å². The van der Waals surface area contributed by atoms with Gasteiger partial charge < -0.3 is 4.74 Å². The molecule has 2 amide bonds. The Kier molecular flexibility index (Phi) is 5.55. The zero-order chi connectivity index (χ0) is 17.7. The molecular formula is C15H18N2O6S. The molecule has 2 N–H and O–H groups in total. The molecule has 0 aliphatic carbocycles. The largest absolute Gasteiger partial charge is 0.465 e. The number of benzene rings is 1. The molecule has 0 unspecified atom stereocenters. The molecule has 24 heavy (non-hydrogen) atoms. The van der Waals surface area contributed by atoms with Crippen molar-refractivity contribution in [3.05, 3.63) is 35.4 Å². The number of nitrogens with one attached hydrogen (secondary N) is 2. The highest BCUT2D eigenvalue weighted by molar-refractivity contribution is 7.91. The van der Waals surface area contributed by atoms with Gasteiger partial charge in [-0.05, 0) is 36.6 Å². The predicted molar refractivity (Wildman–Crippen MR) is 84.8 cm³/mol. The first-order valence-corrected chi connectivity index (χ1v) is 9.11. The lowest BCUT2D eigenvalue weighted by molar-refractivity contribution is -0.122. The molecule has 2 rings (SSSR count). The SMILES string of the molecule is COC(=O)c1ccc(C(=O)NNC(=O)C[C@H]2CCS(=O)(=O)C2)cc1. The van der Waals surface area contributed by atoms with Crippen molar-refractivity contribution in [2.75, 3.05) is 18.6 Å². The van der Waals surface area contributed by atoms with Gasteiger partial charge >= 0.3 is 5.97 Å². The molecule has 0 radical (unpaired) electrons. The minimum absolute atomic E-state index is 0.00333. The second-order valence-electron chi connectivity index (χ2n) is 5.54. The van der Waals surface area contributed by atoms with Crippen LogP contribution in [0.3, 0.4) is 0 Å². The normalized spacial score (nSPS) is 18.6. The maximum absolute atomic E-state index is 11.9. The third kappa shape index (κ3) is 4.79. The molecule has 8 nitrogen and oxygen atoms in total. The standard InChI is InChI=1S/C15H18N2O6S/c1-23-15(20)12-4-2-11(3-5-12)14(19)17-16-13(18)8-10-6-7-24(21,22)9-10/h2-5,10H,6-9H2,1H3,(H,16,18)(H,17,19)/t10-/m1/s1. The zero-order valence-electron chi connectivity index (χ0n) is 13.1. The molecule has 9 heteroatoms. The van der Waals surface area contributed by atoms with Gasteiger partial charge in [0, 0.05) is 12.0 Å². The molecular weight excluding hydrogens is 336 g/mol. The first-order valence-electron chi connectivity index (χ1n) is 7.29. The van der Waals surface area contributed by atoms with Crippen LogP contribution in [0.4, 0.5) is 0 Å². The fourth-order valence-corrected chi connectivity index (χ4v) is 4.28. The van der Waals surface area contributed by atoms with Crippen LogP contribution in [0.15, 0.2) is 24.3 Å². The second-order valence-corrected chi connectivity index (χ2v) is 7.77. The molecule has 1 aromatic rings. The summed E-state index contributed by atoms with van der Waals surface area (Å²) in [7, 11) is -1.78. The summed E-state index contributed by atoms with van der Waals surface area (Å²) in [5, 5.41) is 0. The van der Waals surface area contributed by atoms with Crippen molar-refractivity contribution in [2.24, 2.45) is 5.92 Å². The molecule has 0 spiro atoms. The molecule has 0 saturated carbocycles. The average Bonchev–Trinajstić information content (AvgIpc) is 2.90. The minimum atomic E-state index is -3.03. The molecule has 0 bridgehead atoms. The Morgan fingerprint density at radius 1 is 1.12 bits per heavy atom. The number of hydrogen-bond donors (Lipinski definition) is 2. The van der Waals surface area contributed by atoms with Crippen LogP contribution in [0.25, 0.3) is 0 Å². The van der Waals surface area contributed by atoms with Crippen LogP contribution in [0.2, 0.25) is 0 Å². The molecule has 1 aromatic carbocycles. The minimum Gasteiger partial charge on any atom is -0.465 e.